The quantitative estimate of drug-likeness (QED) is 0.749. The van der Waals surface area contributed by atoms with E-state index >= 15 is 0 Å². The standard InChI is InChI=1S/C17H17ClN4OS/c1-9-5-6-13(8-14(9)18)20-16(23)15-12(4)19-17(24-15)22-11(3)7-10(2)21-22/h5-8H,1-4H3,(H,20,23). The molecule has 0 atom stereocenters. The molecular formula is C17H17ClN4OS. The monoisotopic (exact) mass is 360 g/mol. The Balaban J connectivity index is 1.88. The van der Waals surface area contributed by atoms with Crippen molar-refractivity contribution in [3.63, 3.8) is 0 Å². The lowest BCUT2D eigenvalue weighted by molar-refractivity contribution is 0.103. The zero-order valence-corrected chi connectivity index (χ0v) is 15.4. The van der Waals surface area contributed by atoms with E-state index in [1.807, 2.05) is 45.9 Å². The molecule has 0 bridgehead atoms. The minimum atomic E-state index is -0.197. The summed E-state index contributed by atoms with van der Waals surface area (Å²) in [5.74, 6) is -0.197. The van der Waals surface area contributed by atoms with Gasteiger partial charge in [-0.05, 0) is 51.5 Å². The highest BCUT2D eigenvalue weighted by molar-refractivity contribution is 7.16. The summed E-state index contributed by atoms with van der Waals surface area (Å²) in [5.41, 5.74) is 4.21. The van der Waals surface area contributed by atoms with Crippen LogP contribution in [0, 0.1) is 27.7 Å². The molecule has 2 heterocycles. The number of halogens is 1. The maximum absolute atomic E-state index is 12.6. The molecule has 0 radical (unpaired) electrons. The predicted octanol–water partition coefficient (Wildman–Crippen LogP) is 4.47. The molecule has 0 aliphatic rings. The fraction of sp³-hybridized carbons (Fsp3) is 0.235. The van der Waals surface area contributed by atoms with E-state index in [1.165, 1.54) is 11.3 Å². The van der Waals surface area contributed by atoms with Crippen LogP contribution in [0.4, 0.5) is 5.69 Å². The first kappa shape index (κ1) is 16.7. The van der Waals surface area contributed by atoms with Crippen molar-refractivity contribution in [3.8, 4) is 5.13 Å². The summed E-state index contributed by atoms with van der Waals surface area (Å²) in [6.45, 7) is 7.63. The summed E-state index contributed by atoms with van der Waals surface area (Å²) in [5, 5.41) is 8.59. The molecule has 1 aromatic carbocycles. The van der Waals surface area contributed by atoms with Gasteiger partial charge in [0.25, 0.3) is 5.91 Å². The molecule has 0 aliphatic heterocycles. The number of amides is 1. The van der Waals surface area contributed by atoms with Crippen LogP contribution in [0.15, 0.2) is 24.3 Å². The number of nitrogens with zero attached hydrogens (tertiary/aromatic N) is 3. The molecule has 1 amide bonds. The summed E-state index contributed by atoms with van der Waals surface area (Å²) in [7, 11) is 0. The summed E-state index contributed by atoms with van der Waals surface area (Å²) in [4.78, 5) is 17.6. The molecule has 2 aromatic heterocycles. The van der Waals surface area contributed by atoms with Gasteiger partial charge in [-0.1, -0.05) is 29.0 Å². The van der Waals surface area contributed by atoms with Crippen molar-refractivity contribution in [1.82, 2.24) is 14.8 Å². The SMILES string of the molecule is Cc1cc(C)n(-c2nc(C)c(C(=O)Nc3ccc(C)c(Cl)c3)s2)n1. The number of anilines is 1. The number of hydrogen-bond donors (Lipinski definition) is 1. The normalized spacial score (nSPS) is 10.9. The van der Waals surface area contributed by atoms with E-state index < -0.39 is 0 Å². The van der Waals surface area contributed by atoms with Gasteiger partial charge in [-0.15, -0.1) is 0 Å². The molecule has 0 saturated heterocycles. The number of benzene rings is 1. The molecular weight excluding hydrogens is 344 g/mol. The first-order chi connectivity index (χ1) is 11.3. The van der Waals surface area contributed by atoms with E-state index in [9.17, 15) is 4.79 Å². The maximum Gasteiger partial charge on any atom is 0.267 e. The molecule has 0 spiro atoms. The van der Waals surface area contributed by atoms with Crippen LogP contribution < -0.4 is 5.32 Å². The highest BCUT2D eigenvalue weighted by Gasteiger charge is 2.18. The van der Waals surface area contributed by atoms with Crippen LogP contribution in [0.1, 0.15) is 32.3 Å². The van der Waals surface area contributed by atoms with Gasteiger partial charge in [-0.2, -0.15) is 5.10 Å². The van der Waals surface area contributed by atoms with Gasteiger partial charge in [-0.3, -0.25) is 4.79 Å². The van der Waals surface area contributed by atoms with Crippen LogP contribution in [0.25, 0.3) is 5.13 Å². The van der Waals surface area contributed by atoms with Crippen molar-refractivity contribution in [2.24, 2.45) is 0 Å². The second-order valence-corrected chi connectivity index (χ2v) is 7.05. The average Bonchev–Trinajstić information content (AvgIpc) is 3.05. The molecule has 0 unspecified atom stereocenters. The van der Waals surface area contributed by atoms with Gasteiger partial charge in [0.2, 0.25) is 5.13 Å². The van der Waals surface area contributed by atoms with E-state index in [-0.39, 0.29) is 5.91 Å². The smallest absolute Gasteiger partial charge is 0.267 e. The van der Waals surface area contributed by atoms with Gasteiger partial charge in [0.15, 0.2) is 0 Å². The van der Waals surface area contributed by atoms with Crippen LogP contribution in [0.3, 0.4) is 0 Å². The van der Waals surface area contributed by atoms with Crippen molar-refractivity contribution in [1.29, 1.82) is 0 Å². The van der Waals surface area contributed by atoms with E-state index in [1.54, 1.807) is 10.7 Å². The summed E-state index contributed by atoms with van der Waals surface area (Å²) in [6, 6.07) is 7.42. The van der Waals surface area contributed by atoms with Gasteiger partial charge >= 0.3 is 0 Å². The zero-order valence-electron chi connectivity index (χ0n) is 13.8. The fourth-order valence-corrected chi connectivity index (χ4v) is 3.52. The Morgan fingerprint density at radius 2 is 1.96 bits per heavy atom. The zero-order chi connectivity index (χ0) is 17.4. The molecule has 1 N–H and O–H groups in total. The largest absolute Gasteiger partial charge is 0.321 e. The summed E-state index contributed by atoms with van der Waals surface area (Å²) in [6.07, 6.45) is 0. The Bertz CT molecular complexity index is 929. The number of nitrogens with one attached hydrogen (secondary N) is 1. The average molecular weight is 361 g/mol. The number of aryl methyl sites for hydroxylation is 4. The van der Waals surface area contributed by atoms with Crippen LogP contribution in [0.2, 0.25) is 5.02 Å². The third-order valence-corrected chi connectivity index (χ3v) is 5.15. The molecule has 3 aromatic rings. The molecule has 3 rings (SSSR count). The lowest BCUT2D eigenvalue weighted by Crippen LogP contribution is -2.11. The van der Waals surface area contributed by atoms with Crippen LogP contribution in [-0.4, -0.2) is 20.7 Å². The van der Waals surface area contributed by atoms with Crippen molar-refractivity contribution in [2.75, 3.05) is 5.32 Å². The third kappa shape index (κ3) is 3.20. The van der Waals surface area contributed by atoms with Crippen LogP contribution >= 0.6 is 22.9 Å². The number of carbonyl (C=O) groups excluding carboxylic acids is 1. The minimum absolute atomic E-state index is 0.197. The van der Waals surface area contributed by atoms with Gasteiger partial charge in [-0.25, -0.2) is 9.67 Å². The van der Waals surface area contributed by atoms with Crippen LogP contribution in [0.5, 0.6) is 0 Å². The Morgan fingerprint density at radius 1 is 1.21 bits per heavy atom. The van der Waals surface area contributed by atoms with Crippen molar-refractivity contribution >= 4 is 34.5 Å². The number of thiazole rings is 1. The van der Waals surface area contributed by atoms with Crippen molar-refractivity contribution in [2.45, 2.75) is 27.7 Å². The summed E-state index contributed by atoms with van der Waals surface area (Å²) < 4.78 is 1.76. The molecule has 0 fully saturated rings. The third-order valence-electron chi connectivity index (χ3n) is 3.61. The lowest BCUT2D eigenvalue weighted by atomic mass is 10.2. The highest BCUT2D eigenvalue weighted by atomic mass is 35.5. The number of rotatable bonds is 3. The second-order valence-electron chi connectivity index (χ2n) is 5.67. The number of hydrogen-bond acceptors (Lipinski definition) is 4. The second kappa shape index (κ2) is 6.37. The highest BCUT2D eigenvalue weighted by Crippen LogP contribution is 2.25. The van der Waals surface area contributed by atoms with Gasteiger partial charge in [0, 0.05) is 16.4 Å². The molecule has 5 nitrogen and oxygen atoms in total. The Kier molecular flexibility index (Phi) is 4.43. The van der Waals surface area contributed by atoms with E-state index in [0.29, 0.717) is 26.4 Å². The molecule has 24 heavy (non-hydrogen) atoms. The van der Waals surface area contributed by atoms with E-state index in [2.05, 4.69) is 15.4 Å². The number of aromatic nitrogens is 3. The number of carbonyl (C=O) groups is 1. The molecule has 124 valence electrons. The molecule has 7 heteroatoms. The van der Waals surface area contributed by atoms with E-state index in [0.717, 1.165) is 17.0 Å². The van der Waals surface area contributed by atoms with Crippen molar-refractivity contribution in [3.05, 3.63) is 56.8 Å². The first-order valence-electron chi connectivity index (χ1n) is 7.43. The Labute approximate surface area is 149 Å². The Hall–Kier alpha value is -2.18. The molecule has 0 saturated carbocycles. The van der Waals surface area contributed by atoms with Gasteiger partial charge in [0.1, 0.15) is 4.88 Å². The fourth-order valence-electron chi connectivity index (χ4n) is 2.36. The van der Waals surface area contributed by atoms with Crippen molar-refractivity contribution < 1.29 is 4.79 Å². The lowest BCUT2D eigenvalue weighted by Gasteiger charge is -2.05. The van der Waals surface area contributed by atoms with E-state index in [4.69, 9.17) is 11.6 Å². The van der Waals surface area contributed by atoms with Gasteiger partial charge < -0.3 is 5.32 Å². The van der Waals surface area contributed by atoms with Gasteiger partial charge in [0.05, 0.1) is 11.4 Å². The minimum Gasteiger partial charge on any atom is -0.321 e. The van der Waals surface area contributed by atoms with Crippen LogP contribution in [-0.2, 0) is 0 Å². The Morgan fingerprint density at radius 3 is 2.58 bits per heavy atom. The molecule has 0 aliphatic carbocycles. The predicted molar refractivity (Wildman–Crippen MR) is 97.6 cm³/mol. The maximum atomic E-state index is 12.6. The topological polar surface area (TPSA) is 59.8 Å². The summed E-state index contributed by atoms with van der Waals surface area (Å²) >= 11 is 7.42. The first-order valence-corrected chi connectivity index (χ1v) is 8.63.